The van der Waals surface area contributed by atoms with E-state index in [1.54, 1.807) is 0 Å². The second kappa shape index (κ2) is 6.39. The van der Waals surface area contributed by atoms with Gasteiger partial charge in [-0.1, -0.05) is 0 Å². The molecule has 11 heteroatoms. The van der Waals surface area contributed by atoms with Crippen LogP contribution in [0.4, 0.5) is 27.8 Å². The molecule has 3 rings (SSSR count). The van der Waals surface area contributed by atoms with E-state index in [0.717, 1.165) is 36.1 Å². The topological polar surface area (TPSA) is 64.3 Å². The van der Waals surface area contributed by atoms with Crippen LogP contribution in [-0.4, -0.2) is 38.9 Å². The Bertz CT molecular complexity index is 932. The SMILES string of the molecule is COc1cc(F)c(-c2cnc3ncnn3c2NC(C)C(F)(F)F)c(F)c1. The molecular formula is C15H12F5N5O. The van der Waals surface area contributed by atoms with Crippen molar-refractivity contribution < 1.29 is 26.7 Å². The first-order valence-corrected chi connectivity index (χ1v) is 7.27. The molecule has 1 atom stereocenters. The van der Waals surface area contributed by atoms with Crippen LogP contribution >= 0.6 is 0 Å². The molecule has 1 aromatic carbocycles. The van der Waals surface area contributed by atoms with E-state index in [2.05, 4.69) is 20.4 Å². The lowest BCUT2D eigenvalue weighted by Crippen LogP contribution is -2.34. The van der Waals surface area contributed by atoms with Crippen molar-refractivity contribution in [3.63, 3.8) is 0 Å². The molecule has 0 saturated carbocycles. The molecule has 0 aliphatic carbocycles. The van der Waals surface area contributed by atoms with Gasteiger partial charge in [-0.2, -0.15) is 27.8 Å². The summed E-state index contributed by atoms with van der Waals surface area (Å²) in [5.41, 5.74) is -0.802. The molecule has 3 aromatic rings. The fraction of sp³-hybridized carbons (Fsp3) is 0.267. The van der Waals surface area contributed by atoms with Crippen molar-refractivity contribution >= 4 is 11.6 Å². The van der Waals surface area contributed by atoms with Crippen LogP contribution in [0.25, 0.3) is 16.9 Å². The predicted molar refractivity (Wildman–Crippen MR) is 81.8 cm³/mol. The van der Waals surface area contributed by atoms with Crippen molar-refractivity contribution in [3.8, 4) is 16.9 Å². The normalized spacial score (nSPS) is 13.0. The van der Waals surface area contributed by atoms with Crippen LogP contribution in [0.1, 0.15) is 6.92 Å². The van der Waals surface area contributed by atoms with Gasteiger partial charge in [-0.15, -0.1) is 0 Å². The van der Waals surface area contributed by atoms with Gasteiger partial charge in [-0.25, -0.2) is 13.8 Å². The highest BCUT2D eigenvalue weighted by Gasteiger charge is 2.37. The molecule has 2 aromatic heterocycles. The number of ether oxygens (including phenoxy) is 1. The maximum atomic E-state index is 14.4. The van der Waals surface area contributed by atoms with Gasteiger partial charge in [0.25, 0.3) is 5.78 Å². The molecule has 1 N–H and O–H groups in total. The number of hydrogen-bond donors (Lipinski definition) is 1. The Labute approximate surface area is 143 Å². The van der Waals surface area contributed by atoms with E-state index >= 15 is 0 Å². The van der Waals surface area contributed by atoms with Crippen molar-refractivity contribution in [2.45, 2.75) is 19.1 Å². The smallest absolute Gasteiger partial charge is 0.408 e. The summed E-state index contributed by atoms with van der Waals surface area (Å²) in [7, 11) is 1.23. The van der Waals surface area contributed by atoms with E-state index < -0.39 is 29.4 Å². The van der Waals surface area contributed by atoms with Crippen LogP contribution in [0.3, 0.4) is 0 Å². The molecule has 26 heavy (non-hydrogen) atoms. The Morgan fingerprint density at radius 1 is 1.15 bits per heavy atom. The molecule has 0 saturated heterocycles. The van der Waals surface area contributed by atoms with Crippen LogP contribution in [-0.2, 0) is 0 Å². The number of anilines is 1. The minimum Gasteiger partial charge on any atom is -0.497 e. The molecule has 0 radical (unpaired) electrons. The van der Waals surface area contributed by atoms with Crippen molar-refractivity contribution in [2.24, 2.45) is 0 Å². The van der Waals surface area contributed by atoms with Crippen molar-refractivity contribution in [1.29, 1.82) is 0 Å². The molecule has 138 valence electrons. The lowest BCUT2D eigenvalue weighted by atomic mass is 10.1. The van der Waals surface area contributed by atoms with Gasteiger partial charge in [-0.3, -0.25) is 0 Å². The molecule has 2 heterocycles. The number of halogens is 5. The maximum absolute atomic E-state index is 14.4. The van der Waals surface area contributed by atoms with E-state index in [0.29, 0.717) is 0 Å². The van der Waals surface area contributed by atoms with Gasteiger partial charge in [0.2, 0.25) is 0 Å². The average molecular weight is 373 g/mol. The minimum atomic E-state index is -4.59. The van der Waals surface area contributed by atoms with Gasteiger partial charge in [0.1, 0.15) is 35.6 Å². The van der Waals surface area contributed by atoms with Gasteiger partial charge in [0.15, 0.2) is 0 Å². The molecule has 0 spiro atoms. The Morgan fingerprint density at radius 3 is 2.38 bits per heavy atom. The number of methoxy groups -OCH3 is 1. The fourth-order valence-electron chi connectivity index (χ4n) is 2.31. The van der Waals surface area contributed by atoms with Gasteiger partial charge in [-0.05, 0) is 6.92 Å². The fourth-order valence-corrected chi connectivity index (χ4v) is 2.31. The molecular weight excluding hydrogens is 361 g/mol. The number of hydrogen-bond acceptors (Lipinski definition) is 5. The van der Waals surface area contributed by atoms with Crippen molar-refractivity contribution in [2.75, 3.05) is 12.4 Å². The molecule has 0 bridgehead atoms. The third kappa shape index (κ3) is 3.11. The third-order valence-electron chi connectivity index (χ3n) is 3.67. The summed E-state index contributed by atoms with van der Waals surface area (Å²) in [6.45, 7) is 0.869. The number of nitrogens with zero attached hydrogens (tertiary/aromatic N) is 4. The number of benzene rings is 1. The van der Waals surface area contributed by atoms with E-state index in [4.69, 9.17) is 4.74 Å². The lowest BCUT2D eigenvalue weighted by Gasteiger charge is -2.21. The van der Waals surface area contributed by atoms with Gasteiger partial charge < -0.3 is 10.1 Å². The Kier molecular flexibility index (Phi) is 4.38. The highest BCUT2D eigenvalue weighted by molar-refractivity contribution is 5.77. The monoisotopic (exact) mass is 373 g/mol. The zero-order valence-electron chi connectivity index (χ0n) is 13.5. The second-order valence-corrected chi connectivity index (χ2v) is 5.37. The molecule has 6 nitrogen and oxygen atoms in total. The van der Waals surface area contributed by atoms with Crippen LogP contribution < -0.4 is 10.1 Å². The van der Waals surface area contributed by atoms with E-state index in [1.165, 1.54) is 7.11 Å². The molecule has 0 aliphatic heterocycles. The summed E-state index contributed by atoms with van der Waals surface area (Å²) in [4.78, 5) is 7.64. The highest BCUT2D eigenvalue weighted by atomic mass is 19.4. The average Bonchev–Trinajstić information content (AvgIpc) is 3.03. The van der Waals surface area contributed by atoms with Crippen molar-refractivity contribution in [3.05, 3.63) is 36.3 Å². The highest BCUT2D eigenvalue weighted by Crippen LogP contribution is 2.35. The molecule has 1 unspecified atom stereocenters. The summed E-state index contributed by atoms with van der Waals surface area (Å²) >= 11 is 0. The Morgan fingerprint density at radius 2 is 1.81 bits per heavy atom. The zero-order chi connectivity index (χ0) is 19.1. The van der Waals surface area contributed by atoms with Gasteiger partial charge in [0, 0.05) is 23.9 Å². The van der Waals surface area contributed by atoms with Crippen LogP contribution in [0.5, 0.6) is 5.75 Å². The van der Waals surface area contributed by atoms with Crippen LogP contribution in [0, 0.1) is 11.6 Å². The Balaban J connectivity index is 2.22. The quantitative estimate of drug-likeness (QED) is 0.710. The number of fused-ring (bicyclic) bond motifs is 1. The minimum absolute atomic E-state index is 0.0278. The predicted octanol–water partition coefficient (Wildman–Crippen LogP) is 3.44. The maximum Gasteiger partial charge on any atom is 0.408 e. The van der Waals surface area contributed by atoms with Gasteiger partial charge in [0.05, 0.1) is 12.7 Å². The first-order chi connectivity index (χ1) is 12.2. The molecule has 0 fully saturated rings. The Hall–Kier alpha value is -2.98. The number of nitrogens with one attached hydrogen (secondary N) is 1. The number of aromatic nitrogens is 4. The van der Waals surface area contributed by atoms with E-state index in [1.807, 2.05) is 0 Å². The summed E-state index contributed by atoms with van der Waals surface area (Å²) in [6, 6.07) is -0.178. The van der Waals surface area contributed by atoms with Crippen molar-refractivity contribution in [1.82, 2.24) is 19.6 Å². The van der Waals surface area contributed by atoms with Gasteiger partial charge >= 0.3 is 6.18 Å². The first kappa shape index (κ1) is 17.8. The third-order valence-corrected chi connectivity index (χ3v) is 3.67. The first-order valence-electron chi connectivity index (χ1n) is 7.27. The number of alkyl halides is 3. The van der Waals surface area contributed by atoms with Crippen LogP contribution in [0.2, 0.25) is 0 Å². The molecule has 0 amide bonds. The van der Waals surface area contributed by atoms with Crippen LogP contribution in [0.15, 0.2) is 24.7 Å². The zero-order valence-corrected chi connectivity index (χ0v) is 13.5. The summed E-state index contributed by atoms with van der Waals surface area (Å²) in [6.07, 6.45) is -2.50. The summed E-state index contributed by atoms with van der Waals surface area (Å²) < 4.78 is 73.5. The lowest BCUT2D eigenvalue weighted by molar-refractivity contribution is -0.138. The largest absolute Gasteiger partial charge is 0.497 e. The molecule has 0 aliphatic rings. The second-order valence-electron chi connectivity index (χ2n) is 5.37. The van der Waals surface area contributed by atoms with E-state index in [-0.39, 0.29) is 22.9 Å². The number of rotatable bonds is 4. The standard InChI is InChI=1S/C15H12F5N5O/c1-7(15(18,19)20)24-13-9(5-21-14-22-6-23-25(13)14)12-10(16)3-8(26-2)4-11(12)17/h3-7,24H,1-2H3. The summed E-state index contributed by atoms with van der Waals surface area (Å²) in [5.74, 6) is -2.44. The van der Waals surface area contributed by atoms with E-state index in [9.17, 15) is 22.0 Å². The summed E-state index contributed by atoms with van der Waals surface area (Å²) in [5, 5.41) is 5.97.